The van der Waals surface area contributed by atoms with E-state index in [0.29, 0.717) is 0 Å². The molecule has 0 bridgehead atoms. The topological polar surface area (TPSA) is 122 Å². The van der Waals surface area contributed by atoms with Crippen molar-refractivity contribution in [2.45, 2.75) is 32.9 Å². The molecule has 0 aliphatic heterocycles. The van der Waals surface area contributed by atoms with Crippen molar-refractivity contribution in [3.8, 4) is 6.07 Å². The maximum absolute atomic E-state index is 13.7. The molecule has 1 unspecified atom stereocenters. The third-order valence-corrected chi connectivity index (χ3v) is 3.70. The molecular weight excluding hydrogens is 329 g/mol. The van der Waals surface area contributed by atoms with Crippen LogP contribution in [0.5, 0.6) is 0 Å². The Kier molecular flexibility index (Phi) is 7.03. The monoisotopic (exact) mass is 351 g/mol. The quantitative estimate of drug-likeness (QED) is 0.563. The number of halogens is 1. The van der Waals surface area contributed by atoms with Crippen LogP contribution in [0.25, 0.3) is 0 Å². The number of hydrogen-bond donors (Lipinski definition) is 4. The third kappa shape index (κ3) is 5.52. The molecule has 2 atom stereocenters. The van der Waals surface area contributed by atoms with Crippen molar-refractivity contribution in [3.05, 3.63) is 35.1 Å². The molecule has 136 valence electrons. The van der Waals surface area contributed by atoms with Gasteiger partial charge in [-0.1, -0.05) is 13.8 Å². The van der Waals surface area contributed by atoms with Crippen molar-refractivity contribution < 1.29 is 24.2 Å². The van der Waals surface area contributed by atoms with Crippen molar-refractivity contribution in [2.75, 3.05) is 13.2 Å². The van der Waals surface area contributed by atoms with Crippen LogP contribution in [0.15, 0.2) is 18.2 Å². The first-order valence-electron chi connectivity index (χ1n) is 7.69. The van der Waals surface area contributed by atoms with Gasteiger partial charge in [0.25, 0.3) is 5.91 Å². The molecule has 0 heterocycles. The van der Waals surface area contributed by atoms with E-state index >= 15 is 0 Å². The first-order valence-corrected chi connectivity index (χ1v) is 7.69. The summed E-state index contributed by atoms with van der Waals surface area (Å²) >= 11 is 0. The fraction of sp³-hybridized carbons (Fsp3) is 0.471. The first-order chi connectivity index (χ1) is 11.6. The van der Waals surface area contributed by atoms with E-state index in [1.165, 1.54) is 19.9 Å². The lowest BCUT2D eigenvalue weighted by atomic mass is 9.87. The zero-order valence-corrected chi connectivity index (χ0v) is 14.3. The molecule has 0 aromatic heterocycles. The molecule has 1 rings (SSSR count). The number of aliphatic hydroxyl groups excluding tert-OH is 2. The Balaban J connectivity index is 2.63. The number of rotatable bonds is 7. The summed E-state index contributed by atoms with van der Waals surface area (Å²) in [7, 11) is 0. The fourth-order valence-electron chi connectivity index (χ4n) is 1.91. The number of carbonyl (C=O) groups is 2. The Morgan fingerprint density at radius 1 is 1.40 bits per heavy atom. The van der Waals surface area contributed by atoms with Crippen LogP contribution in [0.3, 0.4) is 0 Å². The van der Waals surface area contributed by atoms with E-state index in [0.717, 1.165) is 12.1 Å². The Morgan fingerprint density at radius 2 is 2.04 bits per heavy atom. The van der Waals surface area contributed by atoms with Gasteiger partial charge < -0.3 is 20.8 Å². The lowest BCUT2D eigenvalue weighted by Crippen LogP contribution is -2.49. The molecule has 4 N–H and O–H groups in total. The van der Waals surface area contributed by atoms with Gasteiger partial charge in [-0.05, 0) is 25.1 Å². The number of amides is 2. The molecule has 0 aliphatic rings. The number of benzene rings is 1. The van der Waals surface area contributed by atoms with Gasteiger partial charge in [-0.25, -0.2) is 4.39 Å². The predicted molar refractivity (Wildman–Crippen MR) is 87.9 cm³/mol. The molecule has 1 aromatic carbocycles. The van der Waals surface area contributed by atoms with Gasteiger partial charge in [0.1, 0.15) is 11.9 Å². The summed E-state index contributed by atoms with van der Waals surface area (Å²) in [5.41, 5.74) is -1.11. The zero-order chi connectivity index (χ0) is 19.2. The van der Waals surface area contributed by atoms with Crippen molar-refractivity contribution in [2.24, 2.45) is 5.41 Å². The fourth-order valence-corrected chi connectivity index (χ4v) is 1.91. The summed E-state index contributed by atoms with van der Waals surface area (Å²) in [6.45, 7) is 4.29. The molecule has 8 heteroatoms. The van der Waals surface area contributed by atoms with E-state index in [4.69, 9.17) is 10.4 Å². The van der Waals surface area contributed by atoms with Crippen LogP contribution in [-0.2, 0) is 4.79 Å². The Hall–Kier alpha value is -2.50. The van der Waals surface area contributed by atoms with Gasteiger partial charge in [0.2, 0.25) is 5.91 Å². The highest BCUT2D eigenvalue weighted by atomic mass is 19.1. The van der Waals surface area contributed by atoms with Crippen LogP contribution in [0.1, 0.15) is 36.7 Å². The van der Waals surface area contributed by atoms with Gasteiger partial charge in [-0.3, -0.25) is 9.59 Å². The lowest BCUT2D eigenvalue weighted by molar-refractivity contribution is -0.137. The van der Waals surface area contributed by atoms with Crippen molar-refractivity contribution in [3.63, 3.8) is 0 Å². The minimum atomic E-state index is -1.41. The highest BCUT2D eigenvalue weighted by Gasteiger charge is 2.33. The second kappa shape index (κ2) is 8.55. The van der Waals surface area contributed by atoms with Gasteiger partial charge in [-0.15, -0.1) is 0 Å². The zero-order valence-electron chi connectivity index (χ0n) is 14.3. The van der Waals surface area contributed by atoms with E-state index in [1.807, 2.05) is 6.07 Å². The average Bonchev–Trinajstić information content (AvgIpc) is 2.59. The van der Waals surface area contributed by atoms with Gasteiger partial charge >= 0.3 is 0 Å². The Bertz CT molecular complexity index is 685. The summed E-state index contributed by atoms with van der Waals surface area (Å²) in [6.07, 6.45) is -1.41. The van der Waals surface area contributed by atoms with Crippen LogP contribution >= 0.6 is 0 Å². The van der Waals surface area contributed by atoms with Crippen molar-refractivity contribution in [1.82, 2.24) is 10.6 Å². The molecule has 7 nitrogen and oxygen atoms in total. The standard InChI is InChI=1S/C17H22FN3O4/c1-10(8-20-16(25)14(23)17(2,3)9-22)21-15(24)12-6-11(7-19)4-5-13(12)18/h4-6,10,14,22-23H,8-9H2,1-3H3,(H,20,25)(H,21,24)/t10?,14-/m0/s1. The van der Waals surface area contributed by atoms with Gasteiger partial charge in [0, 0.05) is 18.0 Å². The third-order valence-electron chi connectivity index (χ3n) is 3.70. The number of nitrogens with one attached hydrogen (secondary N) is 2. The molecule has 0 aliphatic carbocycles. The summed E-state index contributed by atoms with van der Waals surface area (Å²) in [5.74, 6) is -2.15. The number of aliphatic hydroxyl groups is 2. The molecule has 0 saturated heterocycles. The number of nitriles is 1. The summed E-state index contributed by atoms with van der Waals surface area (Å²) < 4.78 is 13.7. The SMILES string of the molecule is CC(CNC(=O)[C@H](O)C(C)(C)CO)NC(=O)c1cc(C#N)ccc1F. The largest absolute Gasteiger partial charge is 0.396 e. The maximum Gasteiger partial charge on any atom is 0.254 e. The van der Waals surface area contributed by atoms with Gasteiger partial charge in [0.05, 0.1) is 23.8 Å². The molecule has 0 fully saturated rings. The van der Waals surface area contributed by atoms with E-state index in [-0.39, 0.29) is 24.3 Å². The maximum atomic E-state index is 13.7. The molecule has 0 radical (unpaired) electrons. The predicted octanol–water partition coefficient (Wildman–Crippen LogP) is 0.311. The van der Waals surface area contributed by atoms with E-state index in [1.54, 1.807) is 6.92 Å². The average molecular weight is 351 g/mol. The smallest absolute Gasteiger partial charge is 0.254 e. The summed E-state index contributed by atoms with van der Waals surface area (Å²) in [4.78, 5) is 23.9. The van der Waals surface area contributed by atoms with Crippen LogP contribution in [0.4, 0.5) is 4.39 Å². The van der Waals surface area contributed by atoms with E-state index in [9.17, 15) is 19.1 Å². The summed E-state index contributed by atoms with van der Waals surface area (Å²) in [5, 5.41) is 32.8. The van der Waals surface area contributed by atoms with Crippen LogP contribution in [0, 0.1) is 22.6 Å². The minimum Gasteiger partial charge on any atom is -0.396 e. The van der Waals surface area contributed by atoms with Crippen LogP contribution in [-0.4, -0.2) is 47.3 Å². The van der Waals surface area contributed by atoms with Crippen LogP contribution < -0.4 is 10.6 Å². The second-order valence-corrected chi connectivity index (χ2v) is 6.48. The normalized spacial score (nSPS) is 13.5. The molecule has 0 saturated carbocycles. The highest BCUT2D eigenvalue weighted by Crippen LogP contribution is 2.19. The van der Waals surface area contributed by atoms with Crippen molar-refractivity contribution in [1.29, 1.82) is 5.26 Å². The minimum absolute atomic E-state index is 0.00268. The Labute approximate surface area is 145 Å². The van der Waals surface area contributed by atoms with Gasteiger partial charge in [-0.2, -0.15) is 5.26 Å². The number of nitrogens with zero attached hydrogens (tertiary/aromatic N) is 1. The van der Waals surface area contributed by atoms with Crippen molar-refractivity contribution >= 4 is 11.8 Å². The molecule has 25 heavy (non-hydrogen) atoms. The number of carbonyl (C=O) groups excluding carboxylic acids is 2. The second-order valence-electron chi connectivity index (χ2n) is 6.48. The first kappa shape index (κ1) is 20.5. The molecule has 1 aromatic rings. The van der Waals surface area contributed by atoms with E-state index < -0.39 is 35.2 Å². The molecular formula is C17H22FN3O4. The lowest BCUT2D eigenvalue weighted by Gasteiger charge is -2.27. The molecule has 2 amide bonds. The highest BCUT2D eigenvalue weighted by molar-refractivity contribution is 5.95. The molecule has 0 spiro atoms. The van der Waals surface area contributed by atoms with E-state index in [2.05, 4.69) is 10.6 Å². The van der Waals surface area contributed by atoms with Gasteiger partial charge in [0.15, 0.2) is 0 Å². The van der Waals surface area contributed by atoms with Crippen LogP contribution in [0.2, 0.25) is 0 Å². The Morgan fingerprint density at radius 3 is 2.60 bits per heavy atom. The summed E-state index contributed by atoms with van der Waals surface area (Å²) in [6, 6.07) is 4.71. The number of hydrogen-bond acceptors (Lipinski definition) is 5.